The first-order valence-electron chi connectivity index (χ1n) is 8.46. The maximum absolute atomic E-state index is 12.8. The molecular formula is C21H20N2O4. The Balaban J connectivity index is 1.81. The third kappa shape index (κ3) is 4.23. The molecule has 0 aliphatic rings. The Kier molecular flexibility index (Phi) is 5.35. The van der Waals surface area contributed by atoms with E-state index in [1.807, 2.05) is 38.1 Å². The highest BCUT2D eigenvalue weighted by Gasteiger charge is 2.13. The fourth-order valence-electron chi connectivity index (χ4n) is 2.75. The highest BCUT2D eigenvalue weighted by molar-refractivity contribution is 6.12. The van der Waals surface area contributed by atoms with Gasteiger partial charge < -0.3 is 14.8 Å². The summed E-state index contributed by atoms with van der Waals surface area (Å²) in [6, 6.07) is 14.5. The van der Waals surface area contributed by atoms with Crippen molar-refractivity contribution in [1.82, 2.24) is 4.98 Å². The van der Waals surface area contributed by atoms with E-state index in [2.05, 4.69) is 15.0 Å². The lowest BCUT2D eigenvalue weighted by atomic mass is 10.1. The maximum Gasteiger partial charge on any atom is 0.343 e. The van der Waals surface area contributed by atoms with Gasteiger partial charge in [0.1, 0.15) is 5.75 Å². The molecule has 2 aromatic carbocycles. The van der Waals surface area contributed by atoms with E-state index < -0.39 is 5.97 Å². The number of pyridine rings is 1. The molecule has 1 aromatic heterocycles. The van der Waals surface area contributed by atoms with E-state index in [1.54, 1.807) is 24.3 Å². The summed E-state index contributed by atoms with van der Waals surface area (Å²) in [7, 11) is 1.31. The summed E-state index contributed by atoms with van der Waals surface area (Å²) in [5, 5.41) is 3.74. The van der Waals surface area contributed by atoms with Gasteiger partial charge in [0.05, 0.1) is 18.2 Å². The van der Waals surface area contributed by atoms with Crippen molar-refractivity contribution in [1.29, 1.82) is 0 Å². The third-order valence-electron chi connectivity index (χ3n) is 4.12. The van der Waals surface area contributed by atoms with Gasteiger partial charge in [-0.15, -0.1) is 0 Å². The van der Waals surface area contributed by atoms with Crippen LogP contribution in [0, 0.1) is 13.8 Å². The van der Waals surface area contributed by atoms with Gasteiger partial charge in [0.15, 0.2) is 6.61 Å². The Morgan fingerprint density at radius 2 is 1.85 bits per heavy atom. The average molecular weight is 364 g/mol. The van der Waals surface area contributed by atoms with Gasteiger partial charge in [-0.3, -0.25) is 9.78 Å². The summed E-state index contributed by atoms with van der Waals surface area (Å²) in [6.45, 7) is 3.56. The predicted octanol–water partition coefficient (Wildman–Crippen LogP) is 3.66. The summed E-state index contributed by atoms with van der Waals surface area (Å²) in [4.78, 5) is 28.5. The first kappa shape index (κ1) is 18.4. The zero-order chi connectivity index (χ0) is 19.4. The molecule has 1 heterocycles. The summed E-state index contributed by atoms with van der Waals surface area (Å²) in [5.41, 5.74) is 3.63. The molecule has 138 valence electrons. The lowest BCUT2D eigenvalue weighted by Gasteiger charge is -2.12. The first-order valence-corrected chi connectivity index (χ1v) is 8.46. The van der Waals surface area contributed by atoms with Crippen LogP contribution in [0.5, 0.6) is 5.75 Å². The largest absolute Gasteiger partial charge is 0.482 e. The van der Waals surface area contributed by atoms with Crippen molar-refractivity contribution in [2.45, 2.75) is 13.8 Å². The lowest BCUT2D eigenvalue weighted by Crippen LogP contribution is -2.15. The molecule has 3 rings (SSSR count). The van der Waals surface area contributed by atoms with Gasteiger partial charge in [-0.25, -0.2) is 4.79 Å². The van der Waals surface area contributed by atoms with Gasteiger partial charge in [-0.2, -0.15) is 0 Å². The number of ether oxygens (including phenoxy) is 2. The van der Waals surface area contributed by atoms with Gasteiger partial charge in [-0.1, -0.05) is 18.2 Å². The minimum absolute atomic E-state index is 0.163. The molecule has 0 saturated heterocycles. The lowest BCUT2D eigenvalue weighted by molar-refractivity contribution is -0.142. The number of aryl methyl sites for hydroxylation is 2. The number of rotatable bonds is 5. The number of hydrogen-bond donors (Lipinski definition) is 1. The number of amides is 1. The first-order chi connectivity index (χ1) is 13.0. The Hall–Kier alpha value is -3.41. The predicted molar refractivity (Wildman–Crippen MR) is 103 cm³/mol. The maximum atomic E-state index is 12.8. The second kappa shape index (κ2) is 7.86. The van der Waals surface area contributed by atoms with E-state index in [0.29, 0.717) is 17.0 Å². The van der Waals surface area contributed by atoms with Gasteiger partial charge in [0.25, 0.3) is 5.91 Å². The van der Waals surface area contributed by atoms with Crippen LogP contribution in [0.2, 0.25) is 0 Å². The highest BCUT2D eigenvalue weighted by Crippen LogP contribution is 2.24. The molecule has 1 N–H and O–H groups in total. The summed E-state index contributed by atoms with van der Waals surface area (Å²) < 4.78 is 9.91. The van der Waals surface area contributed by atoms with Crippen LogP contribution in [0.1, 0.15) is 21.6 Å². The number of methoxy groups -OCH3 is 1. The van der Waals surface area contributed by atoms with Gasteiger partial charge in [0, 0.05) is 16.8 Å². The number of fused-ring (bicyclic) bond motifs is 1. The van der Waals surface area contributed by atoms with Crippen molar-refractivity contribution in [2.75, 3.05) is 19.0 Å². The van der Waals surface area contributed by atoms with Crippen LogP contribution in [0.25, 0.3) is 10.9 Å². The Morgan fingerprint density at radius 1 is 1.07 bits per heavy atom. The minimum Gasteiger partial charge on any atom is -0.482 e. The molecule has 0 bridgehead atoms. The number of para-hydroxylation sites is 1. The van der Waals surface area contributed by atoms with Gasteiger partial charge >= 0.3 is 5.97 Å². The Labute approximate surface area is 157 Å². The van der Waals surface area contributed by atoms with Crippen LogP contribution in [0.3, 0.4) is 0 Å². The molecule has 6 nitrogen and oxygen atoms in total. The molecular weight excluding hydrogens is 344 g/mol. The summed E-state index contributed by atoms with van der Waals surface area (Å²) in [6.07, 6.45) is 0. The van der Waals surface area contributed by atoms with Crippen LogP contribution < -0.4 is 10.1 Å². The van der Waals surface area contributed by atoms with Gasteiger partial charge in [0.2, 0.25) is 0 Å². The van der Waals surface area contributed by atoms with E-state index in [1.165, 1.54) is 7.11 Å². The van der Waals surface area contributed by atoms with E-state index in [9.17, 15) is 9.59 Å². The van der Waals surface area contributed by atoms with E-state index in [-0.39, 0.29) is 12.5 Å². The van der Waals surface area contributed by atoms with Crippen molar-refractivity contribution in [3.63, 3.8) is 0 Å². The average Bonchev–Trinajstić information content (AvgIpc) is 2.67. The number of carbonyl (C=O) groups is 2. The SMILES string of the molecule is COC(=O)COc1ccc(NC(=O)c2cc(C)nc3ccccc23)c(C)c1. The minimum atomic E-state index is -0.454. The zero-order valence-corrected chi connectivity index (χ0v) is 15.4. The van der Waals surface area contributed by atoms with Crippen LogP contribution in [-0.4, -0.2) is 30.6 Å². The number of esters is 1. The Morgan fingerprint density at radius 3 is 2.59 bits per heavy atom. The number of nitrogens with one attached hydrogen (secondary N) is 1. The number of hydrogen-bond acceptors (Lipinski definition) is 5. The number of nitrogens with zero attached hydrogens (tertiary/aromatic N) is 1. The van der Waals surface area contributed by atoms with E-state index in [0.717, 1.165) is 22.2 Å². The normalized spacial score (nSPS) is 10.5. The summed E-state index contributed by atoms with van der Waals surface area (Å²) >= 11 is 0. The molecule has 0 aliphatic carbocycles. The fourth-order valence-corrected chi connectivity index (χ4v) is 2.75. The molecule has 0 atom stereocenters. The molecule has 1 amide bonds. The quantitative estimate of drug-likeness (QED) is 0.699. The molecule has 6 heteroatoms. The number of aromatic nitrogens is 1. The molecule has 0 aliphatic heterocycles. The Bertz CT molecular complexity index is 1010. The van der Waals surface area contributed by atoms with Crippen molar-refractivity contribution >= 4 is 28.5 Å². The molecule has 0 fully saturated rings. The van der Waals surface area contributed by atoms with E-state index >= 15 is 0 Å². The fraction of sp³-hybridized carbons (Fsp3) is 0.190. The molecule has 27 heavy (non-hydrogen) atoms. The molecule has 0 radical (unpaired) electrons. The second-order valence-electron chi connectivity index (χ2n) is 6.12. The smallest absolute Gasteiger partial charge is 0.343 e. The topological polar surface area (TPSA) is 77.5 Å². The molecule has 0 saturated carbocycles. The number of benzene rings is 2. The molecule has 0 unspecified atom stereocenters. The van der Waals surface area contributed by atoms with Crippen molar-refractivity contribution in [2.24, 2.45) is 0 Å². The van der Waals surface area contributed by atoms with Crippen molar-refractivity contribution < 1.29 is 19.1 Å². The molecule has 0 spiro atoms. The van der Waals surface area contributed by atoms with Crippen LogP contribution in [0.4, 0.5) is 5.69 Å². The standard InChI is InChI=1S/C21H20N2O4/c1-13-10-15(27-12-20(24)26-3)8-9-18(13)23-21(25)17-11-14(2)22-19-7-5-4-6-16(17)19/h4-11H,12H2,1-3H3,(H,23,25). The van der Waals surface area contributed by atoms with Crippen LogP contribution in [-0.2, 0) is 9.53 Å². The number of carbonyl (C=O) groups excluding carboxylic acids is 2. The number of anilines is 1. The van der Waals surface area contributed by atoms with Crippen LogP contribution in [0.15, 0.2) is 48.5 Å². The van der Waals surface area contributed by atoms with E-state index in [4.69, 9.17) is 4.74 Å². The van der Waals surface area contributed by atoms with Crippen molar-refractivity contribution in [3.05, 3.63) is 65.4 Å². The van der Waals surface area contributed by atoms with Gasteiger partial charge in [-0.05, 0) is 49.7 Å². The molecule has 3 aromatic rings. The third-order valence-corrected chi connectivity index (χ3v) is 4.12. The van der Waals surface area contributed by atoms with Crippen LogP contribution >= 0.6 is 0 Å². The second-order valence-corrected chi connectivity index (χ2v) is 6.12. The monoisotopic (exact) mass is 364 g/mol. The summed E-state index contributed by atoms with van der Waals surface area (Å²) in [5.74, 6) is -0.130. The van der Waals surface area contributed by atoms with Crippen molar-refractivity contribution in [3.8, 4) is 5.75 Å². The highest BCUT2D eigenvalue weighted by atomic mass is 16.6. The zero-order valence-electron chi connectivity index (χ0n) is 15.4.